The molecule has 0 saturated carbocycles. The number of benzene rings is 1. The summed E-state index contributed by atoms with van der Waals surface area (Å²) in [7, 11) is 1.36. The molecule has 0 radical (unpaired) electrons. The largest absolute Gasteiger partial charge is 0.472 e. The van der Waals surface area contributed by atoms with Crippen molar-refractivity contribution in [3.63, 3.8) is 0 Å². The van der Waals surface area contributed by atoms with Crippen molar-refractivity contribution < 1.29 is 47.7 Å². The van der Waals surface area contributed by atoms with E-state index in [2.05, 4.69) is 17.6 Å². The molecule has 4 N–H and O–H groups in total. The third-order valence-corrected chi connectivity index (χ3v) is 11.1. The van der Waals surface area contributed by atoms with E-state index in [0.717, 1.165) is 64.2 Å². The molecule has 0 fully saturated rings. The van der Waals surface area contributed by atoms with Crippen LogP contribution in [0, 0.1) is 30.3 Å². The van der Waals surface area contributed by atoms with Crippen molar-refractivity contribution in [1.82, 2.24) is 5.32 Å². The molecule has 0 saturated heterocycles. The molecule has 344 valence electrons. The highest BCUT2D eigenvalue weighted by Gasteiger charge is 2.31. The first-order valence-electron chi connectivity index (χ1n) is 21.9. The number of phosphoric acid groups is 1. The molecule has 18 nitrogen and oxygen atoms in total. The first-order chi connectivity index (χ1) is 28.5. The molecule has 0 aliphatic heterocycles. The van der Waals surface area contributed by atoms with Crippen molar-refractivity contribution in [2.75, 3.05) is 52.8 Å². The van der Waals surface area contributed by atoms with Crippen molar-refractivity contribution in [3.8, 4) is 0 Å². The summed E-state index contributed by atoms with van der Waals surface area (Å²) in [6, 6.07) is 0.478. The molecule has 0 spiro atoms. The predicted octanol–water partition coefficient (Wildman–Crippen LogP) is 9.67. The maximum Gasteiger partial charge on any atom is 0.472 e. The van der Waals surface area contributed by atoms with Crippen LogP contribution in [0.15, 0.2) is 24.3 Å². The van der Waals surface area contributed by atoms with Crippen LogP contribution < -0.4 is 10.6 Å². The number of carbonyl (C=O) groups excluding carboxylic acids is 1. The summed E-state index contributed by atoms with van der Waals surface area (Å²) >= 11 is 0. The summed E-state index contributed by atoms with van der Waals surface area (Å²) in [5.41, 5.74) is -2.52. The highest BCUT2D eigenvalue weighted by atomic mass is 31.2. The molecule has 0 heterocycles. The van der Waals surface area contributed by atoms with Crippen LogP contribution in [0.25, 0.3) is 0 Å². The number of aliphatic hydroxyl groups excluding tert-OH is 1. The van der Waals surface area contributed by atoms with Gasteiger partial charge in [0.05, 0.1) is 66.8 Å². The van der Waals surface area contributed by atoms with Crippen LogP contribution in [0.5, 0.6) is 0 Å². The van der Waals surface area contributed by atoms with Gasteiger partial charge in [0.1, 0.15) is 13.2 Å². The molecule has 19 heteroatoms. The number of hydrogen-bond acceptors (Lipinski definition) is 12. The lowest BCUT2D eigenvalue weighted by Crippen LogP contribution is -2.45. The van der Waals surface area contributed by atoms with Crippen molar-refractivity contribution in [2.45, 2.75) is 160 Å². The number of nitro benzene ring substituents is 3. The van der Waals surface area contributed by atoms with E-state index in [1.807, 2.05) is 27.2 Å². The normalized spacial score (nSPS) is 13.8. The number of quaternary nitrogens is 1. The number of allylic oxidation sites excluding steroid dienone is 1. The average Bonchev–Trinajstić information content (AvgIpc) is 3.17. The number of amides is 1. The molecule has 3 unspecified atom stereocenters. The first-order valence-corrected chi connectivity index (χ1v) is 23.4. The number of nitrogens with zero attached hydrogens (tertiary/aromatic N) is 4. The highest BCUT2D eigenvalue weighted by Crippen LogP contribution is 2.43. The third kappa shape index (κ3) is 26.6. The lowest BCUT2D eigenvalue weighted by atomic mass is 10.0. The standard InChI is InChI=1S/C41H73N6O12P/c1-5-6-7-8-9-10-11-12-13-15-18-21-24-27-39(48)36(34-59-60(56,57)58-31-30-47(2,3)4)43-40(49)28-25-22-19-16-14-17-20-23-26-29-42-41-37(45(52)53)32-35(44(50)51)33-38(41)46(54)55/h24,27,32-33,36,39,42,48H,5-23,25-26,28-31,34H2,1-4H3,(H-,43,49,56,57)/p+1. The van der Waals surface area contributed by atoms with Gasteiger partial charge in [-0.15, -0.1) is 0 Å². The van der Waals surface area contributed by atoms with Crippen molar-refractivity contribution in [2.24, 2.45) is 0 Å². The van der Waals surface area contributed by atoms with Gasteiger partial charge in [0.15, 0.2) is 5.69 Å². The summed E-state index contributed by atoms with van der Waals surface area (Å²) in [6.07, 6.45) is 24.5. The summed E-state index contributed by atoms with van der Waals surface area (Å²) in [5.74, 6) is -0.293. The van der Waals surface area contributed by atoms with Crippen LogP contribution in [0.3, 0.4) is 0 Å². The van der Waals surface area contributed by atoms with Gasteiger partial charge in [-0.1, -0.05) is 128 Å². The summed E-state index contributed by atoms with van der Waals surface area (Å²) in [4.78, 5) is 54.4. The third-order valence-electron chi connectivity index (χ3n) is 10.1. The molecule has 60 heavy (non-hydrogen) atoms. The molecule has 1 rings (SSSR count). The van der Waals surface area contributed by atoms with Crippen LogP contribution in [0.4, 0.5) is 22.7 Å². The lowest BCUT2D eigenvalue weighted by Gasteiger charge is -2.25. The number of nitrogens with one attached hydrogen (secondary N) is 2. The monoisotopic (exact) mass is 874 g/mol. The zero-order valence-corrected chi connectivity index (χ0v) is 37.5. The highest BCUT2D eigenvalue weighted by molar-refractivity contribution is 7.47. The Bertz CT molecular complexity index is 1460. The van der Waals surface area contributed by atoms with Crippen LogP contribution in [-0.4, -0.2) is 94.8 Å². The van der Waals surface area contributed by atoms with E-state index in [1.165, 1.54) is 57.8 Å². The van der Waals surface area contributed by atoms with E-state index in [-0.39, 0.29) is 31.2 Å². The average molecular weight is 874 g/mol. The van der Waals surface area contributed by atoms with Gasteiger partial charge in [-0.2, -0.15) is 0 Å². The quantitative estimate of drug-likeness (QED) is 0.0121. The molecular formula is C41H74N6O12P+. The van der Waals surface area contributed by atoms with E-state index in [1.54, 1.807) is 6.08 Å². The molecule has 1 aromatic carbocycles. The number of aliphatic hydroxyl groups is 1. The number of rotatable bonds is 38. The molecule has 0 aromatic heterocycles. The minimum Gasteiger partial charge on any atom is -0.387 e. The Kier molecular flexibility index (Phi) is 28.4. The summed E-state index contributed by atoms with van der Waals surface area (Å²) in [6.45, 7) is 2.54. The van der Waals surface area contributed by atoms with E-state index in [9.17, 15) is 49.7 Å². The summed E-state index contributed by atoms with van der Waals surface area (Å²) in [5, 5.41) is 50.4. The number of likely N-dealkylation sites (N-methyl/N-ethyl adjacent to an activating group) is 1. The van der Waals surface area contributed by atoms with Gasteiger partial charge in [-0.05, 0) is 25.7 Å². The number of unbranched alkanes of at least 4 members (excludes halogenated alkanes) is 19. The molecule has 3 atom stereocenters. The number of carbonyl (C=O) groups is 1. The van der Waals surface area contributed by atoms with E-state index < -0.39 is 58.4 Å². The minimum absolute atomic E-state index is 0.00229. The lowest BCUT2D eigenvalue weighted by molar-refractivity contribution is -0.870. The number of phosphoric ester groups is 1. The Morgan fingerprint density at radius 1 is 0.767 bits per heavy atom. The smallest absolute Gasteiger partial charge is 0.387 e. The van der Waals surface area contributed by atoms with Gasteiger partial charge >= 0.3 is 19.2 Å². The Morgan fingerprint density at radius 3 is 1.73 bits per heavy atom. The number of anilines is 1. The Labute approximate surface area is 356 Å². The molecular weight excluding hydrogens is 799 g/mol. The van der Waals surface area contributed by atoms with Crippen LogP contribution in [-0.2, 0) is 18.4 Å². The van der Waals surface area contributed by atoms with Crippen LogP contribution in [0.2, 0.25) is 0 Å². The van der Waals surface area contributed by atoms with Crippen LogP contribution in [0.1, 0.15) is 148 Å². The maximum atomic E-state index is 12.9. The second kappa shape index (κ2) is 31.3. The molecule has 0 aliphatic carbocycles. The van der Waals surface area contributed by atoms with Gasteiger partial charge in [-0.25, -0.2) is 4.57 Å². The maximum absolute atomic E-state index is 12.9. The second-order valence-corrected chi connectivity index (χ2v) is 18.0. The minimum atomic E-state index is -4.41. The zero-order valence-electron chi connectivity index (χ0n) is 36.6. The predicted molar refractivity (Wildman–Crippen MR) is 234 cm³/mol. The zero-order chi connectivity index (χ0) is 44.8. The Hall–Kier alpha value is -3.54. The van der Waals surface area contributed by atoms with Gasteiger partial charge in [-0.3, -0.25) is 44.2 Å². The summed E-state index contributed by atoms with van der Waals surface area (Å²) < 4.78 is 23.4. The fourth-order valence-corrected chi connectivity index (χ4v) is 7.21. The SMILES string of the molecule is CCCCCCCCCCCCCC=CC(O)C(COP(=O)(O)OCC[N+](C)(C)C)NC(=O)CCCCCCCCCCCNc1c([N+](=O)[O-])cc([N+](=O)[O-])cc1[N+](=O)[O-]. The molecule has 1 amide bonds. The van der Waals surface area contributed by atoms with Crippen molar-refractivity contribution in [1.29, 1.82) is 0 Å². The van der Waals surface area contributed by atoms with E-state index in [4.69, 9.17) is 9.05 Å². The van der Waals surface area contributed by atoms with Gasteiger partial charge in [0.2, 0.25) is 5.91 Å². The number of hydrogen-bond donors (Lipinski definition) is 4. The number of non-ortho nitro benzene ring substituents is 1. The Morgan fingerprint density at radius 2 is 1.25 bits per heavy atom. The van der Waals surface area contributed by atoms with Crippen LogP contribution >= 0.6 is 7.82 Å². The van der Waals surface area contributed by atoms with Crippen molar-refractivity contribution in [3.05, 3.63) is 54.6 Å². The first kappa shape index (κ1) is 54.5. The topological polar surface area (TPSA) is 247 Å². The van der Waals surface area contributed by atoms with Gasteiger partial charge in [0, 0.05) is 13.0 Å². The van der Waals surface area contributed by atoms with E-state index >= 15 is 0 Å². The van der Waals surface area contributed by atoms with Crippen molar-refractivity contribution >= 4 is 36.5 Å². The van der Waals surface area contributed by atoms with Gasteiger partial charge in [0.25, 0.3) is 5.69 Å². The van der Waals surface area contributed by atoms with Gasteiger partial charge < -0.3 is 25.1 Å². The Balaban J connectivity index is 2.44. The fourth-order valence-electron chi connectivity index (χ4n) is 6.48. The molecule has 0 bridgehead atoms. The van der Waals surface area contributed by atoms with E-state index in [0.29, 0.717) is 36.0 Å². The number of nitro groups is 3. The second-order valence-electron chi connectivity index (χ2n) is 16.5. The molecule has 1 aromatic rings. The fraction of sp³-hybridized carbons (Fsp3) is 0.780. The molecule has 0 aliphatic rings.